The van der Waals surface area contributed by atoms with Gasteiger partial charge in [-0.25, -0.2) is 4.98 Å². The van der Waals surface area contributed by atoms with E-state index in [1.807, 2.05) is 12.1 Å². The molecule has 104 valence electrons. The van der Waals surface area contributed by atoms with E-state index in [4.69, 9.17) is 14.5 Å². The van der Waals surface area contributed by atoms with Crippen molar-refractivity contribution in [3.63, 3.8) is 0 Å². The number of rotatable bonds is 2. The van der Waals surface area contributed by atoms with Crippen LogP contribution in [0.3, 0.4) is 0 Å². The zero-order valence-corrected chi connectivity index (χ0v) is 11.5. The van der Waals surface area contributed by atoms with E-state index >= 15 is 0 Å². The van der Waals surface area contributed by atoms with Crippen molar-refractivity contribution in [2.75, 3.05) is 13.3 Å². The van der Waals surface area contributed by atoms with Gasteiger partial charge in [-0.15, -0.1) is 0 Å². The zero-order chi connectivity index (χ0) is 13.5. The predicted molar refractivity (Wildman–Crippen MR) is 74.5 cm³/mol. The minimum atomic E-state index is 0.311. The van der Waals surface area contributed by atoms with E-state index in [0.29, 0.717) is 6.79 Å². The molecule has 0 spiro atoms. The molecule has 0 saturated carbocycles. The number of fused-ring (bicyclic) bond motifs is 2. The van der Waals surface area contributed by atoms with Gasteiger partial charge in [0.2, 0.25) is 6.79 Å². The van der Waals surface area contributed by atoms with Gasteiger partial charge in [0.15, 0.2) is 11.5 Å². The average Bonchev–Trinajstić information content (AvgIpc) is 3.09. The summed E-state index contributed by atoms with van der Waals surface area (Å²) in [6, 6.07) is 6.10. The quantitative estimate of drug-likeness (QED) is 0.905. The van der Waals surface area contributed by atoms with Crippen molar-refractivity contribution in [1.82, 2.24) is 14.9 Å². The minimum absolute atomic E-state index is 0.311. The lowest BCUT2D eigenvalue weighted by Crippen LogP contribution is -2.24. The number of benzene rings is 1. The Balaban J connectivity index is 1.87. The number of hydrogen-bond donors (Lipinski definition) is 1. The largest absolute Gasteiger partial charge is 0.454 e. The van der Waals surface area contributed by atoms with Gasteiger partial charge >= 0.3 is 0 Å². The van der Waals surface area contributed by atoms with E-state index in [2.05, 4.69) is 22.9 Å². The first-order valence-electron chi connectivity index (χ1n) is 7.07. The topological polar surface area (TPSA) is 48.3 Å². The van der Waals surface area contributed by atoms with Crippen LogP contribution in [0.2, 0.25) is 0 Å². The van der Waals surface area contributed by atoms with E-state index in [0.717, 1.165) is 48.9 Å². The van der Waals surface area contributed by atoms with Crippen LogP contribution >= 0.6 is 0 Å². The first-order chi connectivity index (χ1) is 9.86. The molecule has 0 fully saturated rings. The summed E-state index contributed by atoms with van der Waals surface area (Å²) in [6.07, 6.45) is 1.93. The molecule has 0 unspecified atom stereocenters. The third kappa shape index (κ3) is 1.70. The van der Waals surface area contributed by atoms with Crippen LogP contribution in [0, 0.1) is 0 Å². The monoisotopic (exact) mass is 271 g/mol. The van der Waals surface area contributed by atoms with Crippen LogP contribution < -0.4 is 14.8 Å². The standard InChI is InChI=1S/C15H17N3O2/c1-2-15-17-11-8-16-6-5-12(11)18(15)10-3-4-13-14(7-10)20-9-19-13/h3-4,7,16H,2,5-6,8-9H2,1H3. The van der Waals surface area contributed by atoms with Crippen molar-refractivity contribution in [3.05, 3.63) is 35.4 Å². The molecule has 2 aliphatic heterocycles. The van der Waals surface area contributed by atoms with Gasteiger partial charge in [0.1, 0.15) is 5.82 Å². The van der Waals surface area contributed by atoms with Crippen molar-refractivity contribution in [2.45, 2.75) is 26.3 Å². The minimum Gasteiger partial charge on any atom is -0.454 e. The molecule has 3 heterocycles. The van der Waals surface area contributed by atoms with Crippen LogP contribution in [0.4, 0.5) is 0 Å². The predicted octanol–water partition coefficient (Wildman–Crippen LogP) is 1.81. The molecule has 0 bridgehead atoms. The number of aryl methyl sites for hydroxylation is 1. The van der Waals surface area contributed by atoms with Crippen LogP contribution in [-0.2, 0) is 19.4 Å². The van der Waals surface area contributed by atoms with Crippen LogP contribution in [0.5, 0.6) is 11.5 Å². The van der Waals surface area contributed by atoms with Crippen LogP contribution in [0.15, 0.2) is 18.2 Å². The molecule has 1 aromatic carbocycles. The summed E-state index contributed by atoms with van der Waals surface area (Å²) in [5.74, 6) is 2.75. The molecule has 0 atom stereocenters. The molecule has 1 N–H and O–H groups in total. The molecule has 4 rings (SSSR count). The fourth-order valence-corrected chi connectivity index (χ4v) is 2.93. The number of imidazole rings is 1. The highest BCUT2D eigenvalue weighted by molar-refractivity contribution is 5.51. The third-order valence-corrected chi connectivity index (χ3v) is 3.89. The van der Waals surface area contributed by atoms with Gasteiger partial charge in [0.05, 0.1) is 11.4 Å². The summed E-state index contributed by atoms with van der Waals surface area (Å²) < 4.78 is 13.1. The summed E-state index contributed by atoms with van der Waals surface area (Å²) in [7, 11) is 0. The van der Waals surface area contributed by atoms with Crippen LogP contribution in [0.25, 0.3) is 5.69 Å². The Hall–Kier alpha value is -2.01. The molecule has 5 nitrogen and oxygen atoms in total. The fraction of sp³-hybridized carbons (Fsp3) is 0.400. The van der Waals surface area contributed by atoms with Gasteiger partial charge in [-0.1, -0.05) is 6.92 Å². The first kappa shape index (κ1) is 11.8. The molecule has 1 aromatic heterocycles. The molecule has 2 aromatic rings. The van der Waals surface area contributed by atoms with E-state index < -0.39 is 0 Å². The highest BCUT2D eigenvalue weighted by atomic mass is 16.7. The maximum absolute atomic E-state index is 5.49. The highest BCUT2D eigenvalue weighted by Gasteiger charge is 2.21. The lowest BCUT2D eigenvalue weighted by atomic mass is 10.1. The second-order valence-corrected chi connectivity index (χ2v) is 5.07. The number of nitrogens with one attached hydrogen (secondary N) is 1. The van der Waals surface area contributed by atoms with E-state index in [-0.39, 0.29) is 0 Å². The number of ether oxygens (including phenoxy) is 2. The third-order valence-electron chi connectivity index (χ3n) is 3.89. The van der Waals surface area contributed by atoms with Gasteiger partial charge in [0, 0.05) is 37.7 Å². The normalized spacial score (nSPS) is 16.2. The summed E-state index contributed by atoms with van der Waals surface area (Å²) in [5, 5.41) is 3.38. The van der Waals surface area contributed by atoms with E-state index in [9.17, 15) is 0 Å². The molecular formula is C15H17N3O2. The van der Waals surface area contributed by atoms with Gasteiger partial charge in [-0.05, 0) is 12.1 Å². The Morgan fingerprint density at radius 2 is 2.20 bits per heavy atom. The zero-order valence-electron chi connectivity index (χ0n) is 11.5. The summed E-state index contributed by atoms with van der Waals surface area (Å²) in [6.45, 7) is 4.32. The average molecular weight is 271 g/mol. The number of hydrogen-bond acceptors (Lipinski definition) is 4. The Morgan fingerprint density at radius 3 is 3.10 bits per heavy atom. The summed E-state index contributed by atoms with van der Waals surface area (Å²) in [5.41, 5.74) is 3.60. The molecule has 2 aliphatic rings. The van der Waals surface area contributed by atoms with Crippen molar-refractivity contribution >= 4 is 0 Å². The lowest BCUT2D eigenvalue weighted by molar-refractivity contribution is 0.174. The molecule has 0 radical (unpaired) electrons. The van der Waals surface area contributed by atoms with E-state index in [1.54, 1.807) is 0 Å². The van der Waals surface area contributed by atoms with Crippen LogP contribution in [-0.4, -0.2) is 22.9 Å². The van der Waals surface area contributed by atoms with Crippen LogP contribution in [0.1, 0.15) is 24.1 Å². The Kier molecular flexibility index (Phi) is 2.67. The fourth-order valence-electron chi connectivity index (χ4n) is 2.93. The van der Waals surface area contributed by atoms with Crippen molar-refractivity contribution in [3.8, 4) is 17.2 Å². The first-order valence-corrected chi connectivity index (χ1v) is 7.07. The van der Waals surface area contributed by atoms with Gasteiger partial charge in [-0.2, -0.15) is 0 Å². The number of aromatic nitrogens is 2. The summed E-state index contributed by atoms with van der Waals surface area (Å²) >= 11 is 0. The molecule has 0 amide bonds. The lowest BCUT2D eigenvalue weighted by Gasteiger charge is -2.16. The Labute approximate surface area is 117 Å². The summed E-state index contributed by atoms with van der Waals surface area (Å²) in [4.78, 5) is 4.77. The van der Waals surface area contributed by atoms with Gasteiger partial charge in [0.25, 0.3) is 0 Å². The molecule has 0 aliphatic carbocycles. The maximum Gasteiger partial charge on any atom is 0.231 e. The number of nitrogens with zero attached hydrogens (tertiary/aromatic N) is 2. The molecule has 0 saturated heterocycles. The van der Waals surface area contributed by atoms with Gasteiger partial charge < -0.3 is 19.4 Å². The second kappa shape index (κ2) is 4.52. The van der Waals surface area contributed by atoms with Crippen molar-refractivity contribution in [1.29, 1.82) is 0 Å². The highest BCUT2D eigenvalue weighted by Crippen LogP contribution is 2.35. The van der Waals surface area contributed by atoms with Crippen molar-refractivity contribution < 1.29 is 9.47 Å². The Bertz CT molecular complexity index is 663. The smallest absolute Gasteiger partial charge is 0.231 e. The van der Waals surface area contributed by atoms with Crippen molar-refractivity contribution in [2.24, 2.45) is 0 Å². The molecular weight excluding hydrogens is 254 g/mol. The Morgan fingerprint density at radius 1 is 1.30 bits per heavy atom. The SMILES string of the molecule is CCc1nc2c(n1-c1ccc3c(c1)OCO3)CCNC2. The van der Waals surface area contributed by atoms with Gasteiger partial charge in [-0.3, -0.25) is 0 Å². The molecule has 20 heavy (non-hydrogen) atoms. The molecule has 5 heteroatoms. The second-order valence-electron chi connectivity index (χ2n) is 5.07. The van der Waals surface area contributed by atoms with E-state index in [1.165, 1.54) is 11.4 Å². The maximum atomic E-state index is 5.49.